The highest BCUT2D eigenvalue weighted by molar-refractivity contribution is 5.94. The smallest absolute Gasteiger partial charge is 0.342 e. The van der Waals surface area contributed by atoms with Crippen molar-refractivity contribution in [2.24, 2.45) is 0 Å². The molecule has 0 saturated carbocycles. The van der Waals surface area contributed by atoms with Crippen molar-refractivity contribution in [3.8, 4) is 11.5 Å². The number of carbonyl (C=O) groups excluding carboxylic acids is 1. The molecule has 2 aromatic rings. The molecule has 0 fully saturated rings. The Labute approximate surface area is 120 Å². The molecule has 0 aliphatic heterocycles. The molecule has 0 unspecified atom stereocenters. The number of rotatable bonds is 4. The number of hydrogen-bond donors (Lipinski definition) is 1. The summed E-state index contributed by atoms with van der Waals surface area (Å²) in [5, 5.41) is 0. The normalized spacial score (nSPS) is 10.2. The number of hydrogen-bond acceptors (Lipinski definition) is 4. The first-order valence-corrected chi connectivity index (χ1v) is 6.21. The molecule has 110 valence electrons. The number of carbonyl (C=O) groups is 1. The first-order valence-electron chi connectivity index (χ1n) is 6.21. The second-order valence-corrected chi connectivity index (χ2v) is 4.12. The van der Waals surface area contributed by atoms with Crippen LogP contribution in [-0.2, 0) is 4.74 Å². The summed E-state index contributed by atoms with van der Waals surface area (Å²) in [5.41, 5.74) is 5.97. The zero-order valence-electron chi connectivity index (χ0n) is 11.2. The molecular weight excluding hydrogens is 280 g/mol. The number of ether oxygens (including phenoxy) is 2. The molecule has 2 aromatic carbocycles. The average Bonchev–Trinajstić information content (AvgIpc) is 2.43. The number of nitrogen functional groups attached to an aromatic ring is 1. The minimum absolute atomic E-state index is 0.0264. The van der Waals surface area contributed by atoms with E-state index in [9.17, 15) is 13.6 Å². The van der Waals surface area contributed by atoms with Gasteiger partial charge in [0.1, 0.15) is 11.4 Å². The van der Waals surface area contributed by atoms with E-state index in [1.54, 1.807) is 13.0 Å². The molecule has 2 rings (SSSR count). The molecule has 0 spiro atoms. The number of benzene rings is 2. The summed E-state index contributed by atoms with van der Waals surface area (Å²) in [7, 11) is 0. The van der Waals surface area contributed by atoms with Gasteiger partial charge in [-0.3, -0.25) is 0 Å². The SMILES string of the molecule is CCOC(=O)c1cccc(N)c1Oc1ccc(F)cc1F. The second kappa shape index (κ2) is 6.21. The summed E-state index contributed by atoms with van der Waals surface area (Å²) in [6, 6.07) is 7.34. The fourth-order valence-electron chi connectivity index (χ4n) is 1.71. The monoisotopic (exact) mass is 293 g/mol. The molecule has 0 aliphatic carbocycles. The van der Waals surface area contributed by atoms with Gasteiger partial charge in [-0.2, -0.15) is 0 Å². The van der Waals surface area contributed by atoms with Crippen molar-refractivity contribution in [2.45, 2.75) is 6.92 Å². The van der Waals surface area contributed by atoms with Gasteiger partial charge in [-0.15, -0.1) is 0 Å². The number of anilines is 1. The topological polar surface area (TPSA) is 61.5 Å². The van der Waals surface area contributed by atoms with Crippen LogP contribution in [0.4, 0.5) is 14.5 Å². The van der Waals surface area contributed by atoms with Crippen molar-refractivity contribution in [2.75, 3.05) is 12.3 Å². The third-order valence-corrected chi connectivity index (χ3v) is 2.65. The van der Waals surface area contributed by atoms with Crippen molar-refractivity contribution in [3.63, 3.8) is 0 Å². The fraction of sp³-hybridized carbons (Fsp3) is 0.133. The Hall–Kier alpha value is -2.63. The largest absolute Gasteiger partial charge is 0.462 e. The highest BCUT2D eigenvalue weighted by atomic mass is 19.1. The third kappa shape index (κ3) is 3.28. The lowest BCUT2D eigenvalue weighted by Crippen LogP contribution is -2.08. The first-order chi connectivity index (χ1) is 10.0. The summed E-state index contributed by atoms with van der Waals surface area (Å²) in [6.07, 6.45) is 0. The van der Waals surface area contributed by atoms with Crippen molar-refractivity contribution >= 4 is 11.7 Å². The van der Waals surface area contributed by atoms with E-state index in [0.29, 0.717) is 6.07 Å². The molecule has 0 aliphatic rings. The maximum atomic E-state index is 13.6. The molecule has 0 aromatic heterocycles. The van der Waals surface area contributed by atoms with Gasteiger partial charge in [-0.05, 0) is 31.2 Å². The highest BCUT2D eigenvalue weighted by Crippen LogP contribution is 2.33. The minimum atomic E-state index is -0.895. The van der Waals surface area contributed by atoms with Crippen molar-refractivity contribution in [3.05, 3.63) is 53.6 Å². The van der Waals surface area contributed by atoms with Gasteiger partial charge in [0, 0.05) is 6.07 Å². The number of esters is 1. The Morgan fingerprint density at radius 1 is 1.24 bits per heavy atom. The molecule has 0 heterocycles. The van der Waals surface area contributed by atoms with Crippen LogP contribution in [0.2, 0.25) is 0 Å². The lowest BCUT2D eigenvalue weighted by atomic mass is 10.1. The summed E-state index contributed by atoms with van der Waals surface area (Å²) in [6.45, 7) is 1.84. The second-order valence-electron chi connectivity index (χ2n) is 4.12. The standard InChI is InChI=1S/C15H13F2NO3/c1-2-20-15(19)10-4-3-5-12(18)14(10)21-13-7-6-9(16)8-11(13)17/h3-8H,2,18H2,1H3. The van der Waals surface area contributed by atoms with Crippen LogP contribution < -0.4 is 10.5 Å². The van der Waals surface area contributed by atoms with Gasteiger partial charge in [0.25, 0.3) is 0 Å². The maximum Gasteiger partial charge on any atom is 0.342 e. The predicted molar refractivity (Wildman–Crippen MR) is 73.2 cm³/mol. The van der Waals surface area contributed by atoms with E-state index in [1.807, 2.05) is 0 Å². The van der Waals surface area contributed by atoms with Gasteiger partial charge in [-0.25, -0.2) is 13.6 Å². The number of halogens is 2. The van der Waals surface area contributed by atoms with Crippen LogP contribution in [0.15, 0.2) is 36.4 Å². The van der Waals surface area contributed by atoms with E-state index in [4.69, 9.17) is 15.2 Å². The van der Waals surface area contributed by atoms with Crippen molar-refractivity contribution in [1.29, 1.82) is 0 Å². The molecular formula is C15H13F2NO3. The zero-order chi connectivity index (χ0) is 15.4. The molecule has 21 heavy (non-hydrogen) atoms. The fourth-order valence-corrected chi connectivity index (χ4v) is 1.71. The molecule has 4 nitrogen and oxygen atoms in total. The molecule has 0 amide bonds. The Bertz CT molecular complexity index is 674. The van der Waals surface area contributed by atoms with Crippen LogP contribution in [0, 0.1) is 11.6 Å². The third-order valence-electron chi connectivity index (χ3n) is 2.65. The van der Waals surface area contributed by atoms with Crippen LogP contribution in [0.25, 0.3) is 0 Å². The average molecular weight is 293 g/mol. The Morgan fingerprint density at radius 3 is 2.67 bits per heavy atom. The molecule has 0 bridgehead atoms. The molecule has 2 N–H and O–H groups in total. The van der Waals surface area contributed by atoms with Crippen LogP contribution in [0.3, 0.4) is 0 Å². The van der Waals surface area contributed by atoms with E-state index in [1.165, 1.54) is 12.1 Å². The minimum Gasteiger partial charge on any atom is -0.462 e. The Kier molecular flexibility index (Phi) is 4.37. The predicted octanol–water partition coefficient (Wildman–Crippen LogP) is 3.52. The van der Waals surface area contributed by atoms with Crippen molar-refractivity contribution < 1.29 is 23.0 Å². The summed E-state index contributed by atoms with van der Waals surface area (Å²) in [4.78, 5) is 11.8. The molecule has 0 radical (unpaired) electrons. The number of nitrogens with two attached hydrogens (primary N) is 1. The summed E-state index contributed by atoms with van der Waals surface area (Å²) >= 11 is 0. The summed E-state index contributed by atoms with van der Waals surface area (Å²) in [5.74, 6) is -2.52. The van der Waals surface area contributed by atoms with E-state index in [-0.39, 0.29) is 29.4 Å². The maximum absolute atomic E-state index is 13.6. The van der Waals surface area contributed by atoms with Gasteiger partial charge >= 0.3 is 5.97 Å². The van der Waals surface area contributed by atoms with Crippen LogP contribution in [-0.4, -0.2) is 12.6 Å². The van der Waals surface area contributed by atoms with E-state index >= 15 is 0 Å². The van der Waals surface area contributed by atoms with Gasteiger partial charge in [0.05, 0.1) is 12.3 Å². The highest BCUT2D eigenvalue weighted by Gasteiger charge is 2.18. The number of para-hydroxylation sites is 1. The van der Waals surface area contributed by atoms with Gasteiger partial charge in [0.15, 0.2) is 17.3 Å². The molecule has 0 atom stereocenters. The summed E-state index contributed by atoms with van der Waals surface area (Å²) < 4.78 is 36.7. The Balaban J connectivity index is 2.41. The zero-order valence-corrected chi connectivity index (χ0v) is 11.2. The lowest BCUT2D eigenvalue weighted by molar-refractivity contribution is 0.0523. The van der Waals surface area contributed by atoms with Crippen molar-refractivity contribution in [1.82, 2.24) is 0 Å². The Morgan fingerprint density at radius 2 is 2.00 bits per heavy atom. The van der Waals surface area contributed by atoms with Crippen LogP contribution in [0.5, 0.6) is 11.5 Å². The van der Waals surface area contributed by atoms with Gasteiger partial charge < -0.3 is 15.2 Å². The molecule has 6 heteroatoms. The lowest BCUT2D eigenvalue weighted by Gasteiger charge is -2.13. The van der Waals surface area contributed by atoms with Crippen LogP contribution >= 0.6 is 0 Å². The van der Waals surface area contributed by atoms with Gasteiger partial charge in [-0.1, -0.05) is 6.07 Å². The first kappa shape index (κ1) is 14.8. The molecule has 0 saturated heterocycles. The van der Waals surface area contributed by atoms with Gasteiger partial charge in [0.2, 0.25) is 0 Å². The quantitative estimate of drug-likeness (QED) is 0.692. The van der Waals surface area contributed by atoms with E-state index in [0.717, 1.165) is 12.1 Å². The van der Waals surface area contributed by atoms with E-state index in [2.05, 4.69) is 0 Å². The van der Waals surface area contributed by atoms with E-state index < -0.39 is 17.6 Å². The van der Waals surface area contributed by atoms with Crippen LogP contribution in [0.1, 0.15) is 17.3 Å².